The van der Waals surface area contributed by atoms with Gasteiger partial charge in [0, 0.05) is 25.0 Å². The van der Waals surface area contributed by atoms with Gasteiger partial charge in [-0.2, -0.15) is 4.98 Å². The van der Waals surface area contributed by atoms with E-state index in [1.807, 2.05) is 0 Å². The molecule has 0 aliphatic carbocycles. The first-order valence-electron chi connectivity index (χ1n) is 8.17. The molecule has 2 saturated heterocycles. The molecule has 1 aromatic rings. The van der Waals surface area contributed by atoms with E-state index in [0.29, 0.717) is 17.9 Å². The average Bonchev–Trinajstić information content (AvgIpc) is 3.13. The average molecular weight is 294 g/mol. The number of hydrogen-bond acceptors (Lipinski definition) is 6. The molecule has 0 bridgehead atoms. The first kappa shape index (κ1) is 14.9. The zero-order valence-electron chi connectivity index (χ0n) is 13.0. The SMILES string of the molecule is CCNC(C)CCc1nc(C2CN3CCCC3CO2)no1. The third-order valence-corrected chi connectivity index (χ3v) is 4.50. The van der Waals surface area contributed by atoms with E-state index in [0.717, 1.165) is 38.4 Å². The largest absolute Gasteiger partial charge is 0.367 e. The summed E-state index contributed by atoms with van der Waals surface area (Å²) < 4.78 is 11.3. The second-order valence-electron chi connectivity index (χ2n) is 6.16. The second kappa shape index (κ2) is 6.85. The molecule has 3 unspecified atom stereocenters. The van der Waals surface area contributed by atoms with Gasteiger partial charge in [0.05, 0.1) is 6.61 Å². The topological polar surface area (TPSA) is 63.4 Å². The highest BCUT2D eigenvalue weighted by molar-refractivity contribution is 4.97. The number of aryl methyl sites for hydroxylation is 1. The van der Waals surface area contributed by atoms with Crippen LogP contribution in [0.2, 0.25) is 0 Å². The van der Waals surface area contributed by atoms with Crippen molar-refractivity contribution in [3.63, 3.8) is 0 Å². The normalized spacial score (nSPS) is 27.7. The van der Waals surface area contributed by atoms with Crippen LogP contribution < -0.4 is 5.32 Å². The molecule has 21 heavy (non-hydrogen) atoms. The molecule has 6 nitrogen and oxygen atoms in total. The summed E-state index contributed by atoms with van der Waals surface area (Å²) in [7, 11) is 0. The van der Waals surface area contributed by atoms with Gasteiger partial charge < -0.3 is 14.6 Å². The highest BCUT2D eigenvalue weighted by Crippen LogP contribution is 2.28. The van der Waals surface area contributed by atoms with E-state index in [9.17, 15) is 0 Å². The summed E-state index contributed by atoms with van der Waals surface area (Å²) in [6.45, 7) is 8.16. The maximum atomic E-state index is 5.92. The van der Waals surface area contributed by atoms with Gasteiger partial charge in [0.2, 0.25) is 11.7 Å². The van der Waals surface area contributed by atoms with Crippen molar-refractivity contribution >= 4 is 0 Å². The molecule has 3 rings (SSSR count). The minimum absolute atomic E-state index is 0.0250. The molecule has 0 aromatic carbocycles. The molecule has 0 amide bonds. The molecular weight excluding hydrogens is 268 g/mol. The molecule has 3 heterocycles. The van der Waals surface area contributed by atoms with Gasteiger partial charge >= 0.3 is 0 Å². The lowest BCUT2D eigenvalue weighted by molar-refractivity contribution is -0.0548. The predicted molar refractivity (Wildman–Crippen MR) is 79.0 cm³/mol. The summed E-state index contributed by atoms with van der Waals surface area (Å²) in [5.74, 6) is 1.44. The van der Waals surface area contributed by atoms with Crippen molar-refractivity contribution in [3.05, 3.63) is 11.7 Å². The Labute approximate surface area is 126 Å². The summed E-state index contributed by atoms with van der Waals surface area (Å²) in [5, 5.41) is 7.51. The number of nitrogens with zero attached hydrogens (tertiary/aromatic N) is 3. The van der Waals surface area contributed by atoms with Crippen molar-refractivity contribution in [1.82, 2.24) is 20.4 Å². The van der Waals surface area contributed by atoms with E-state index < -0.39 is 0 Å². The Morgan fingerprint density at radius 1 is 1.48 bits per heavy atom. The molecule has 0 saturated carbocycles. The van der Waals surface area contributed by atoms with Crippen molar-refractivity contribution in [2.24, 2.45) is 0 Å². The van der Waals surface area contributed by atoms with Gasteiger partial charge in [0.15, 0.2) is 0 Å². The maximum Gasteiger partial charge on any atom is 0.226 e. The zero-order valence-corrected chi connectivity index (χ0v) is 13.0. The van der Waals surface area contributed by atoms with E-state index in [2.05, 4.69) is 34.2 Å². The standard InChI is InChI=1S/C15H26N4O2/c1-3-16-11(2)6-7-14-17-15(18-21-14)13-9-19-8-4-5-12(19)10-20-13/h11-13,16H,3-10H2,1-2H3. The number of fused-ring (bicyclic) bond motifs is 1. The van der Waals surface area contributed by atoms with Crippen LogP contribution in [0.1, 0.15) is 50.9 Å². The van der Waals surface area contributed by atoms with E-state index in [4.69, 9.17) is 9.26 Å². The van der Waals surface area contributed by atoms with Crippen LogP contribution in [0.4, 0.5) is 0 Å². The van der Waals surface area contributed by atoms with E-state index in [-0.39, 0.29) is 6.10 Å². The van der Waals surface area contributed by atoms with Crippen LogP contribution in [-0.2, 0) is 11.2 Å². The van der Waals surface area contributed by atoms with E-state index in [1.54, 1.807) is 0 Å². The first-order valence-corrected chi connectivity index (χ1v) is 8.17. The fourth-order valence-corrected chi connectivity index (χ4v) is 3.26. The maximum absolute atomic E-state index is 5.92. The van der Waals surface area contributed by atoms with Crippen molar-refractivity contribution in [1.29, 1.82) is 0 Å². The Balaban J connectivity index is 1.52. The van der Waals surface area contributed by atoms with Gasteiger partial charge in [-0.3, -0.25) is 4.90 Å². The zero-order chi connectivity index (χ0) is 14.7. The van der Waals surface area contributed by atoms with Gasteiger partial charge in [-0.05, 0) is 39.3 Å². The van der Waals surface area contributed by atoms with E-state index >= 15 is 0 Å². The molecular formula is C15H26N4O2. The highest BCUT2D eigenvalue weighted by atomic mass is 16.5. The molecule has 118 valence electrons. The summed E-state index contributed by atoms with van der Waals surface area (Å²) in [6, 6.07) is 1.08. The van der Waals surface area contributed by atoms with Crippen LogP contribution in [0.3, 0.4) is 0 Å². The lowest BCUT2D eigenvalue weighted by atomic mass is 10.1. The summed E-state index contributed by atoms with van der Waals surface area (Å²) in [4.78, 5) is 7.02. The van der Waals surface area contributed by atoms with Gasteiger partial charge in [0.25, 0.3) is 0 Å². The molecule has 2 aliphatic rings. The predicted octanol–water partition coefficient (Wildman–Crippen LogP) is 1.54. The Hall–Kier alpha value is -0.980. The fourth-order valence-electron chi connectivity index (χ4n) is 3.26. The van der Waals surface area contributed by atoms with Crippen molar-refractivity contribution in [2.75, 3.05) is 26.2 Å². The number of ether oxygens (including phenoxy) is 1. The lowest BCUT2D eigenvalue weighted by Gasteiger charge is -2.33. The quantitative estimate of drug-likeness (QED) is 0.858. The molecule has 3 atom stereocenters. The van der Waals surface area contributed by atoms with Crippen LogP contribution in [0.15, 0.2) is 4.52 Å². The van der Waals surface area contributed by atoms with Crippen LogP contribution in [0.25, 0.3) is 0 Å². The minimum atomic E-state index is -0.0250. The van der Waals surface area contributed by atoms with Crippen molar-refractivity contribution < 1.29 is 9.26 Å². The Bertz CT molecular complexity index is 451. The number of aromatic nitrogens is 2. The fraction of sp³-hybridized carbons (Fsp3) is 0.867. The summed E-state index contributed by atoms with van der Waals surface area (Å²) in [5.41, 5.74) is 0. The first-order chi connectivity index (χ1) is 10.3. The number of hydrogen-bond donors (Lipinski definition) is 1. The summed E-state index contributed by atoms with van der Waals surface area (Å²) >= 11 is 0. The number of nitrogens with one attached hydrogen (secondary N) is 1. The number of morpholine rings is 1. The van der Waals surface area contributed by atoms with Gasteiger partial charge in [0.1, 0.15) is 6.10 Å². The van der Waals surface area contributed by atoms with Crippen LogP contribution in [0, 0.1) is 0 Å². The monoisotopic (exact) mass is 294 g/mol. The second-order valence-corrected chi connectivity index (χ2v) is 6.16. The molecule has 2 fully saturated rings. The molecule has 6 heteroatoms. The van der Waals surface area contributed by atoms with Gasteiger partial charge in [-0.15, -0.1) is 0 Å². The van der Waals surface area contributed by atoms with Crippen molar-refractivity contribution in [3.8, 4) is 0 Å². The Kier molecular flexibility index (Phi) is 4.87. The smallest absolute Gasteiger partial charge is 0.226 e. The van der Waals surface area contributed by atoms with Crippen molar-refractivity contribution in [2.45, 2.75) is 57.7 Å². The third kappa shape index (κ3) is 3.62. The van der Waals surface area contributed by atoms with Crippen LogP contribution in [-0.4, -0.2) is 53.4 Å². The molecule has 0 spiro atoms. The highest BCUT2D eigenvalue weighted by Gasteiger charge is 2.34. The molecule has 0 radical (unpaired) electrons. The van der Waals surface area contributed by atoms with E-state index in [1.165, 1.54) is 19.4 Å². The Morgan fingerprint density at radius 3 is 3.24 bits per heavy atom. The van der Waals surface area contributed by atoms with Gasteiger partial charge in [-0.25, -0.2) is 0 Å². The Morgan fingerprint density at radius 2 is 2.38 bits per heavy atom. The molecule has 1 N–H and O–H groups in total. The lowest BCUT2D eigenvalue weighted by Crippen LogP contribution is -2.42. The molecule has 2 aliphatic heterocycles. The minimum Gasteiger partial charge on any atom is -0.367 e. The van der Waals surface area contributed by atoms with Crippen LogP contribution >= 0.6 is 0 Å². The van der Waals surface area contributed by atoms with Crippen LogP contribution in [0.5, 0.6) is 0 Å². The summed E-state index contributed by atoms with van der Waals surface area (Å²) in [6.07, 6.45) is 4.34. The molecule has 1 aromatic heterocycles. The number of rotatable bonds is 6. The third-order valence-electron chi connectivity index (χ3n) is 4.50. The van der Waals surface area contributed by atoms with Gasteiger partial charge in [-0.1, -0.05) is 12.1 Å².